The van der Waals surface area contributed by atoms with Crippen molar-refractivity contribution in [3.05, 3.63) is 58.6 Å². The second-order valence-electron chi connectivity index (χ2n) is 6.07. The summed E-state index contributed by atoms with van der Waals surface area (Å²) >= 11 is 6.01. The molecule has 25 heavy (non-hydrogen) atoms. The molecule has 2 rings (SSSR count). The highest BCUT2D eigenvalue weighted by atomic mass is 35.5. The molecule has 7 heteroatoms. The van der Waals surface area contributed by atoms with Crippen molar-refractivity contribution < 1.29 is 18.4 Å². The van der Waals surface area contributed by atoms with Crippen molar-refractivity contribution in [1.82, 2.24) is 0 Å². The van der Waals surface area contributed by atoms with E-state index in [0.29, 0.717) is 22.3 Å². The SMILES string of the molecule is Cc1c(Cl)cccc1NC(=O)C(C)(C)C(=O)Nc1ccc(F)cc1F. The number of carbonyl (C=O) groups is 2. The number of hydrogen-bond acceptors (Lipinski definition) is 2. The molecule has 0 saturated heterocycles. The summed E-state index contributed by atoms with van der Waals surface area (Å²) in [6.45, 7) is 4.54. The van der Waals surface area contributed by atoms with E-state index in [2.05, 4.69) is 10.6 Å². The van der Waals surface area contributed by atoms with Crippen molar-refractivity contribution in [2.24, 2.45) is 5.41 Å². The molecule has 2 aromatic carbocycles. The first kappa shape index (κ1) is 18.9. The van der Waals surface area contributed by atoms with Crippen molar-refractivity contribution in [1.29, 1.82) is 0 Å². The van der Waals surface area contributed by atoms with Gasteiger partial charge in [-0.2, -0.15) is 0 Å². The molecule has 4 nitrogen and oxygen atoms in total. The fourth-order valence-electron chi connectivity index (χ4n) is 1.99. The van der Waals surface area contributed by atoms with E-state index < -0.39 is 28.9 Å². The number of benzene rings is 2. The molecule has 2 aromatic rings. The van der Waals surface area contributed by atoms with Crippen LogP contribution in [0.3, 0.4) is 0 Å². The number of nitrogens with one attached hydrogen (secondary N) is 2. The summed E-state index contributed by atoms with van der Waals surface area (Å²) in [6.07, 6.45) is 0. The van der Waals surface area contributed by atoms with Gasteiger partial charge in [0.05, 0.1) is 5.69 Å². The number of anilines is 2. The van der Waals surface area contributed by atoms with Crippen LogP contribution in [0.4, 0.5) is 20.2 Å². The van der Waals surface area contributed by atoms with Gasteiger partial charge in [0.25, 0.3) is 0 Å². The number of halogens is 3. The van der Waals surface area contributed by atoms with Crippen molar-refractivity contribution in [2.45, 2.75) is 20.8 Å². The molecule has 132 valence electrons. The summed E-state index contributed by atoms with van der Waals surface area (Å²) < 4.78 is 26.6. The van der Waals surface area contributed by atoms with E-state index in [1.165, 1.54) is 13.8 Å². The molecule has 0 bridgehead atoms. The lowest BCUT2D eigenvalue weighted by Crippen LogP contribution is -2.41. The van der Waals surface area contributed by atoms with Gasteiger partial charge >= 0.3 is 0 Å². The number of hydrogen-bond donors (Lipinski definition) is 2. The van der Waals surface area contributed by atoms with E-state index in [4.69, 9.17) is 11.6 Å². The van der Waals surface area contributed by atoms with Gasteiger partial charge in [0, 0.05) is 16.8 Å². The maximum atomic E-state index is 13.7. The van der Waals surface area contributed by atoms with Crippen LogP contribution in [0.15, 0.2) is 36.4 Å². The fourth-order valence-corrected chi connectivity index (χ4v) is 2.17. The Kier molecular flexibility index (Phi) is 5.42. The van der Waals surface area contributed by atoms with E-state index in [0.717, 1.165) is 12.1 Å². The minimum atomic E-state index is -1.50. The fraction of sp³-hybridized carbons (Fsp3) is 0.222. The number of rotatable bonds is 4. The van der Waals surface area contributed by atoms with Crippen LogP contribution in [-0.2, 0) is 9.59 Å². The third kappa shape index (κ3) is 4.14. The van der Waals surface area contributed by atoms with Gasteiger partial charge in [-0.3, -0.25) is 9.59 Å². The Morgan fingerprint density at radius 3 is 2.20 bits per heavy atom. The Morgan fingerprint density at radius 2 is 1.60 bits per heavy atom. The molecule has 0 fully saturated rings. The Hall–Kier alpha value is -2.47. The third-order valence-corrected chi connectivity index (χ3v) is 4.24. The van der Waals surface area contributed by atoms with Gasteiger partial charge in [0.1, 0.15) is 17.0 Å². The summed E-state index contributed by atoms with van der Waals surface area (Å²) in [7, 11) is 0. The topological polar surface area (TPSA) is 58.2 Å². The van der Waals surface area contributed by atoms with Crippen LogP contribution in [0.2, 0.25) is 5.02 Å². The molecule has 0 unspecified atom stereocenters. The molecule has 0 atom stereocenters. The van der Waals surface area contributed by atoms with E-state index in [1.807, 2.05) is 0 Å². The molecule has 0 aromatic heterocycles. The minimum Gasteiger partial charge on any atom is -0.325 e. The van der Waals surface area contributed by atoms with Crippen molar-refractivity contribution in [3.8, 4) is 0 Å². The molecular formula is C18H17ClF2N2O2. The summed E-state index contributed by atoms with van der Waals surface area (Å²) in [5, 5.41) is 5.43. The minimum absolute atomic E-state index is 0.203. The van der Waals surface area contributed by atoms with Gasteiger partial charge in [0.2, 0.25) is 11.8 Å². The Morgan fingerprint density at radius 1 is 1.00 bits per heavy atom. The molecule has 0 aliphatic heterocycles. The average molecular weight is 367 g/mol. The summed E-state index contributed by atoms with van der Waals surface area (Å²) in [5.41, 5.74) is -0.564. The summed E-state index contributed by atoms with van der Waals surface area (Å²) in [6, 6.07) is 7.77. The second kappa shape index (κ2) is 7.19. The first-order chi connectivity index (χ1) is 11.6. The molecule has 2 amide bonds. The smallest absolute Gasteiger partial charge is 0.239 e. The zero-order chi connectivity index (χ0) is 18.8. The number of carbonyl (C=O) groups excluding carboxylic acids is 2. The molecule has 0 heterocycles. The molecule has 0 radical (unpaired) electrons. The first-order valence-electron chi connectivity index (χ1n) is 7.46. The Labute approximate surface area is 149 Å². The highest BCUT2D eigenvalue weighted by Crippen LogP contribution is 2.27. The molecular weight excluding hydrogens is 350 g/mol. The van der Waals surface area contributed by atoms with Gasteiger partial charge < -0.3 is 10.6 Å². The zero-order valence-corrected chi connectivity index (χ0v) is 14.7. The van der Waals surface area contributed by atoms with E-state index in [-0.39, 0.29) is 5.69 Å². The van der Waals surface area contributed by atoms with Gasteiger partial charge in [-0.1, -0.05) is 17.7 Å². The zero-order valence-electron chi connectivity index (χ0n) is 13.9. The van der Waals surface area contributed by atoms with Crippen LogP contribution in [0.5, 0.6) is 0 Å². The maximum absolute atomic E-state index is 13.7. The van der Waals surface area contributed by atoms with Crippen LogP contribution in [-0.4, -0.2) is 11.8 Å². The van der Waals surface area contributed by atoms with Crippen LogP contribution in [0, 0.1) is 24.0 Å². The monoisotopic (exact) mass is 366 g/mol. The Balaban J connectivity index is 2.17. The standard InChI is InChI=1S/C18H17ClF2N2O2/c1-10-12(19)5-4-6-14(10)22-16(24)18(2,3)17(25)23-15-8-7-11(20)9-13(15)21/h4-9H,1-3H3,(H,22,24)(H,23,25). The normalized spacial score (nSPS) is 11.1. The third-order valence-electron chi connectivity index (χ3n) is 3.83. The molecule has 0 saturated carbocycles. The van der Waals surface area contributed by atoms with Gasteiger partial charge in [-0.25, -0.2) is 8.78 Å². The van der Waals surface area contributed by atoms with Crippen LogP contribution in [0.25, 0.3) is 0 Å². The van der Waals surface area contributed by atoms with Crippen LogP contribution < -0.4 is 10.6 Å². The molecule has 0 aliphatic rings. The lowest BCUT2D eigenvalue weighted by atomic mass is 9.90. The van der Waals surface area contributed by atoms with Gasteiger partial charge in [-0.15, -0.1) is 0 Å². The van der Waals surface area contributed by atoms with Crippen molar-refractivity contribution in [2.75, 3.05) is 10.6 Å². The quantitative estimate of drug-likeness (QED) is 0.781. The van der Waals surface area contributed by atoms with E-state index in [1.54, 1.807) is 25.1 Å². The second-order valence-corrected chi connectivity index (χ2v) is 6.48. The first-order valence-corrected chi connectivity index (χ1v) is 7.84. The van der Waals surface area contributed by atoms with Crippen molar-refractivity contribution in [3.63, 3.8) is 0 Å². The van der Waals surface area contributed by atoms with E-state index in [9.17, 15) is 18.4 Å². The largest absolute Gasteiger partial charge is 0.325 e. The number of amides is 2. The van der Waals surface area contributed by atoms with Crippen LogP contribution >= 0.6 is 11.6 Å². The maximum Gasteiger partial charge on any atom is 0.239 e. The molecule has 0 aliphatic carbocycles. The van der Waals surface area contributed by atoms with E-state index >= 15 is 0 Å². The highest BCUT2D eigenvalue weighted by Gasteiger charge is 2.36. The highest BCUT2D eigenvalue weighted by molar-refractivity contribution is 6.31. The lowest BCUT2D eigenvalue weighted by Gasteiger charge is -2.23. The lowest BCUT2D eigenvalue weighted by molar-refractivity contribution is -0.135. The Bertz CT molecular complexity index is 838. The van der Waals surface area contributed by atoms with Gasteiger partial charge in [0.15, 0.2) is 0 Å². The van der Waals surface area contributed by atoms with Gasteiger partial charge in [-0.05, 0) is 50.6 Å². The molecule has 0 spiro atoms. The summed E-state index contributed by atoms with van der Waals surface area (Å²) in [4.78, 5) is 24.9. The van der Waals surface area contributed by atoms with Crippen LogP contribution in [0.1, 0.15) is 19.4 Å². The van der Waals surface area contributed by atoms with Crippen molar-refractivity contribution >= 4 is 34.8 Å². The predicted molar refractivity (Wildman–Crippen MR) is 93.6 cm³/mol. The average Bonchev–Trinajstić information content (AvgIpc) is 2.54. The molecule has 2 N–H and O–H groups in total. The predicted octanol–water partition coefficient (Wildman–Crippen LogP) is 4.53. The summed E-state index contributed by atoms with van der Waals surface area (Å²) in [5.74, 6) is -2.99.